The number of Topliss-reactive ketones (excluding diaryl/α,β-unsaturated/α-hetero) is 2. The third kappa shape index (κ3) is 3.21. The summed E-state index contributed by atoms with van der Waals surface area (Å²) in [5.74, 6) is 2.53. The Balaban J connectivity index is 1.81. The molecular formula is C22H20ClNO3. The van der Waals surface area contributed by atoms with E-state index in [1.54, 1.807) is 12.1 Å². The van der Waals surface area contributed by atoms with Crippen LogP contribution in [0.5, 0.6) is 5.75 Å². The second-order valence-electron chi connectivity index (χ2n) is 7.20. The monoisotopic (exact) mass is 381 g/mol. The highest BCUT2D eigenvalue weighted by atomic mass is 35.5. The molecule has 5 heteroatoms. The summed E-state index contributed by atoms with van der Waals surface area (Å²) in [6.45, 7) is 0.133. The van der Waals surface area contributed by atoms with Crippen LogP contribution < -0.4 is 4.74 Å². The number of hydrogen-bond donors (Lipinski definition) is 0. The molecule has 2 aliphatic carbocycles. The van der Waals surface area contributed by atoms with Gasteiger partial charge in [0, 0.05) is 35.7 Å². The molecule has 1 unspecified atom stereocenters. The minimum Gasteiger partial charge on any atom is -0.479 e. The molecule has 0 radical (unpaired) electrons. The highest BCUT2D eigenvalue weighted by molar-refractivity contribution is 6.32. The number of aliphatic imine (C=N–C) groups is 1. The zero-order valence-corrected chi connectivity index (χ0v) is 15.7. The van der Waals surface area contributed by atoms with Gasteiger partial charge in [0.15, 0.2) is 5.78 Å². The number of carbonyl (C=O) groups is 2. The number of ketones is 2. The lowest BCUT2D eigenvalue weighted by Gasteiger charge is -2.38. The first-order valence-corrected chi connectivity index (χ1v) is 9.70. The van der Waals surface area contributed by atoms with Gasteiger partial charge in [-0.15, -0.1) is 6.42 Å². The van der Waals surface area contributed by atoms with Crippen LogP contribution in [0.4, 0.5) is 0 Å². The normalized spacial score (nSPS) is 24.7. The van der Waals surface area contributed by atoms with Crippen LogP contribution in [-0.2, 0) is 9.59 Å². The first-order valence-electron chi connectivity index (χ1n) is 9.32. The molecule has 1 aliphatic heterocycles. The van der Waals surface area contributed by atoms with Gasteiger partial charge in [-0.1, -0.05) is 23.6 Å². The van der Waals surface area contributed by atoms with Crippen LogP contribution in [0.25, 0.3) is 0 Å². The third-order valence-electron chi connectivity index (χ3n) is 5.54. The quantitative estimate of drug-likeness (QED) is 0.735. The second-order valence-corrected chi connectivity index (χ2v) is 7.61. The molecule has 1 fully saturated rings. The highest BCUT2D eigenvalue weighted by Gasteiger charge is 2.44. The molecule has 3 aliphatic rings. The van der Waals surface area contributed by atoms with E-state index >= 15 is 0 Å². The van der Waals surface area contributed by atoms with E-state index in [9.17, 15) is 9.59 Å². The Labute approximate surface area is 163 Å². The van der Waals surface area contributed by atoms with Crippen LogP contribution in [0.15, 0.2) is 34.5 Å². The van der Waals surface area contributed by atoms with E-state index in [1.807, 2.05) is 6.07 Å². The van der Waals surface area contributed by atoms with Gasteiger partial charge in [-0.3, -0.25) is 14.6 Å². The average molecular weight is 382 g/mol. The number of halogens is 1. The van der Waals surface area contributed by atoms with Gasteiger partial charge in [0.2, 0.25) is 0 Å². The maximum atomic E-state index is 12.8. The Bertz CT molecular complexity index is 922. The summed E-state index contributed by atoms with van der Waals surface area (Å²) < 4.78 is 5.45. The zero-order valence-electron chi connectivity index (χ0n) is 15.0. The Hall–Kier alpha value is -2.38. The molecule has 1 heterocycles. The van der Waals surface area contributed by atoms with Crippen LogP contribution in [0.3, 0.4) is 0 Å². The van der Waals surface area contributed by atoms with Crippen molar-refractivity contribution >= 4 is 28.9 Å². The fraction of sp³-hybridized carbons (Fsp3) is 0.409. The Morgan fingerprint density at radius 2 is 1.96 bits per heavy atom. The Morgan fingerprint density at radius 3 is 2.74 bits per heavy atom. The van der Waals surface area contributed by atoms with Gasteiger partial charge in [0.25, 0.3) is 0 Å². The maximum absolute atomic E-state index is 12.8. The number of carbonyl (C=O) groups excluding carboxylic acids is 2. The molecular weight excluding hydrogens is 362 g/mol. The van der Waals surface area contributed by atoms with Crippen LogP contribution in [-0.4, -0.2) is 23.9 Å². The summed E-state index contributed by atoms with van der Waals surface area (Å²) in [4.78, 5) is 30.3. The van der Waals surface area contributed by atoms with Gasteiger partial charge in [-0.2, -0.15) is 0 Å². The number of allylic oxidation sites excluding steroid dienone is 2. The van der Waals surface area contributed by atoms with Crippen molar-refractivity contribution in [3.8, 4) is 18.1 Å². The molecule has 0 bridgehead atoms. The van der Waals surface area contributed by atoms with Crippen molar-refractivity contribution in [2.24, 2.45) is 10.9 Å². The smallest absolute Gasteiger partial charge is 0.161 e. The van der Waals surface area contributed by atoms with Gasteiger partial charge >= 0.3 is 0 Å². The number of benzene rings is 1. The number of rotatable bonds is 3. The van der Waals surface area contributed by atoms with E-state index in [0.717, 1.165) is 42.7 Å². The summed E-state index contributed by atoms with van der Waals surface area (Å²) in [6, 6.07) is 5.45. The molecule has 1 aromatic carbocycles. The molecule has 0 N–H and O–H groups in total. The van der Waals surface area contributed by atoms with Crippen LogP contribution in [0.1, 0.15) is 50.0 Å². The fourth-order valence-corrected chi connectivity index (χ4v) is 4.65. The summed E-state index contributed by atoms with van der Waals surface area (Å²) in [5, 5.41) is 0.431. The molecule has 138 valence electrons. The lowest BCUT2D eigenvalue weighted by atomic mass is 9.67. The predicted octanol–water partition coefficient (Wildman–Crippen LogP) is 4.27. The SMILES string of the molecule is C#CCOc1ccc([C@H]2C3=C(CCCC3=O)N=C3CCCC(=O)C32)cc1Cl. The minimum atomic E-state index is -0.354. The molecule has 0 amide bonds. The maximum Gasteiger partial charge on any atom is 0.161 e. The van der Waals surface area contributed by atoms with E-state index in [1.165, 1.54) is 0 Å². The largest absolute Gasteiger partial charge is 0.479 e. The molecule has 1 aromatic rings. The van der Waals surface area contributed by atoms with E-state index in [2.05, 4.69) is 5.92 Å². The highest BCUT2D eigenvalue weighted by Crippen LogP contribution is 2.46. The first-order chi connectivity index (χ1) is 13.1. The van der Waals surface area contributed by atoms with E-state index in [0.29, 0.717) is 29.2 Å². The van der Waals surface area contributed by atoms with E-state index in [4.69, 9.17) is 27.8 Å². The van der Waals surface area contributed by atoms with Crippen molar-refractivity contribution in [2.45, 2.75) is 44.4 Å². The number of ether oxygens (including phenoxy) is 1. The first kappa shape index (κ1) is 18.0. The van der Waals surface area contributed by atoms with Crippen LogP contribution >= 0.6 is 11.6 Å². The van der Waals surface area contributed by atoms with Crippen molar-refractivity contribution < 1.29 is 14.3 Å². The Kier molecular flexibility index (Phi) is 4.88. The lowest BCUT2D eigenvalue weighted by molar-refractivity contribution is -0.122. The van der Waals surface area contributed by atoms with Gasteiger partial charge in [0.1, 0.15) is 18.1 Å². The average Bonchev–Trinajstić information content (AvgIpc) is 2.66. The molecule has 2 atom stereocenters. The van der Waals surface area contributed by atoms with Crippen LogP contribution in [0.2, 0.25) is 5.02 Å². The molecule has 27 heavy (non-hydrogen) atoms. The summed E-state index contributed by atoms with van der Waals surface area (Å²) in [7, 11) is 0. The molecule has 4 nitrogen and oxygen atoms in total. The van der Waals surface area contributed by atoms with Crippen molar-refractivity contribution in [2.75, 3.05) is 6.61 Å². The minimum absolute atomic E-state index is 0.103. The molecule has 0 aromatic heterocycles. The number of terminal acetylenes is 1. The summed E-state index contributed by atoms with van der Waals surface area (Å²) >= 11 is 6.40. The lowest BCUT2D eigenvalue weighted by Crippen LogP contribution is -2.39. The zero-order chi connectivity index (χ0) is 19.0. The van der Waals surface area contributed by atoms with Gasteiger partial charge in [-0.05, 0) is 43.4 Å². The van der Waals surface area contributed by atoms with Gasteiger partial charge in [-0.25, -0.2) is 0 Å². The number of fused-ring (bicyclic) bond motifs is 1. The number of hydrogen-bond acceptors (Lipinski definition) is 4. The standard InChI is InChI=1S/C22H20ClNO3/c1-2-11-27-19-10-9-13(12-14(19)23)20-21-15(5-3-7-17(21)25)24-16-6-4-8-18(26)22(16)20/h1,9-10,12,20-21H,3-8,11H2/t20-,21?/m1/s1. The molecule has 0 spiro atoms. The Morgan fingerprint density at radius 1 is 1.15 bits per heavy atom. The third-order valence-corrected chi connectivity index (χ3v) is 5.84. The molecule has 0 saturated heterocycles. The summed E-state index contributed by atoms with van der Waals surface area (Å²) in [6.07, 6.45) is 9.54. The predicted molar refractivity (Wildman–Crippen MR) is 104 cm³/mol. The van der Waals surface area contributed by atoms with Crippen molar-refractivity contribution in [3.63, 3.8) is 0 Å². The second kappa shape index (κ2) is 7.32. The van der Waals surface area contributed by atoms with Crippen molar-refractivity contribution in [1.29, 1.82) is 0 Å². The molecule has 1 saturated carbocycles. The van der Waals surface area contributed by atoms with Crippen molar-refractivity contribution in [3.05, 3.63) is 40.1 Å². The van der Waals surface area contributed by atoms with Crippen LogP contribution in [0, 0.1) is 18.3 Å². The summed E-state index contributed by atoms with van der Waals surface area (Å²) in [5.41, 5.74) is 3.36. The van der Waals surface area contributed by atoms with Gasteiger partial charge < -0.3 is 4.74 Å². The van der Waals surface area contributed by atoms with Crippen molar-refractivity contribution in [1.82, 2.24) is 0 Å². The number of nitrogens with zero attached hydrogens (tertiary/aromatic N) is 1. The topological polar surface area (TPSA) is 55.7 Å². The molecule has 4 rings (SSSR count). The fourth-order valence-electron chi connectivity index (χ4n) is 4.41. The van der Waals surface area contributed by atoms with E-state index < -0.39 is 0 Å². The van der Waals surface area contributed by atoms with Gasteiger partial charge in [0.05, 0.1) is 10.9 Å². The van der Waals surface area contributed by atoms with E-state index in [-0.39, 0.29) is 30.0 Å².